The lowest BCUT2D eigenvalue weighted by Gasteiger charge is -2.11. The van der Waals surface area contributed by atoms with Crippen molar-refractivity contribution in [2.75, 3.05) is 0 Å². The second-order valence-corrected chi connectivity index (χ2v) is 5.17. The van der Waals surface area contributed by atoms with E-state index in [4.69, 9.17) is 5.11 Å². The van der Waals surface area contributed by atoms with Crippen molar-refractivity contribution >= 4 is 5.97 Å². The van der Waals surface area contributed by atoms with Crippen LogP contribution >= 0.6 is 0 Å². The first-order valence-corrected chi connectivity index (χ1v) is 6.30. The van der Waals surface area contributed by atoms with Gasteiger partial charge in [0, 0.05) is 5.69 Å². The molecule has 19 heavy (non-hydrogen) atoms. The van der Waals surface area contributed by atoms with Gasteiger partial charge in [0.1, 0.15) is 0 Å². The molecule has 0 aliphatic carbocycles. The summed E-state index contributed by atoms with van der Waals surface area (Å²) in [6.07, 6.45) is 0. The summed E-state index contributed by atoms with van der Waals surface area (Å²) in [7, 11) is 0. The highest BCUT2D eigenvalue weighted by Gasteiger charge is 2.16. The van der Waals surface area contributed by atoms with Gasteiger partial charge < -0.3 is 5.11 Å². The van der Waals surface area contributed by atoms with Crippen LogP contribution in [0.5, 0.6) is 0 Å². The van der Waals surface area contributed by atoms with Gasteiger partial charge in [-0.2, -0.15) is 5.10 Å². The Morgan fingerprint density at radius 1 is 1.16 bits per heavy atom. The SMILES string of the molecule is Cc1cc(C)cc(-n2nc(C(=O)O)cc2C(C)C)c1. The van der Waals surface area contributed by atoms with E-state index in [1.54, 1.807) is 10.7 Å². The van der Waals surface area contributed by atoms with Crippen molar-refractivity contribution in [2.45, 2.75) is 33.6 Å². The van der Waals surface area contributed by atoms with E-state index in [0.717, 1.165) is 22.5 Å². The van der Waals surface area contributed by atoms with Crippen molar-refractivity contribution in [1.82, 2.24) is 9.78 Å². The van der Waals surface area contributed by atoms with Crippen LogP contribution in [0.4, 0.5) is 0 Å². The number of aromatic nitrogens is 2. The van der Waals surface area contributed by atoms with Crippen LogP contribution in [0.2, 0.25) is 0 Å². The fourth-order valence-corrected chi connectivity index (χ4v) is 2.19. The van der Waals surface area contributed by atoms with Gasteiger partial charge in [-0.05, 0) is 49.1 Å². The lowest BCUT2D eigenvalue weighted by atomic mass is 10.1. The number of hydrogen-bond donors (Lipinski definition) is 1. The Hall–Kier alpha value is -2.10. The first-order chi connectivity index (χ1) is 8.88. The van der Waals surface area contributed by atoms with Crippen molar-refractivity contribution < 1.29 is 9.90 Å². The van der Waals surface area contributed by atoms with Gasteiger partial charge in [-0.15, -0.1) is 0 Å². The second-order valence-electron chi connectivity index (χ2n) is 5.17. The van der Waals surface area contributed by atoms with E-state index in [1.807, 2.05) is 39.8 Å². The number of nitrogens with zero attached hydrogens (tertiary/aromatic N) is 2. The van der Waals surface area contributed by atoms with E-state index < -0.39 is 5.97 Å². The zero-order chi connectivity index (χ0) is 14.2. The predicted octanol–water partition coefficient (Wildman–Crippen LogP) is 3.31. The van der Waals surface area contributed by atoms with Crippen molar-refractivity contribution in [1.29, 1.82) is 0 Å². The summed E-state index contributed by atoms with van der Waals surface area (Å²) < 4.78 is 1.73. The topological polar surface area (TPSA) is 55.1 Å². The number of hydrogen-bond acceptors (Lipinski definition) is 2. The third-order valence-electron chi connectivity index (χ3n) is 3.00. The van der Waals surface area contributed by atoms with Gasteiger partial charge in [0.05, 0.1) is 5.69 Å². The van der Waals surface area contributed by atoms with Gasteiger partial charge in [0.15, 0.2) is 5.69 Å². The van der Waals surface area contributed by atoms with Crippen molar-refractivity contribution in [3.63, 3.8) is 0 Å². The standard InChI is InChI=1S/C15H18N2O2/c1-9(2)14-8-13(15(18)19)16-17(14)12-6-10(3)5-11(4)7-12/h5-9H,1-4H3,(H,18,19). The number of carboxylic acids is 1. The molecule has 0 radical (unpaired) electrons. The van der Waals surface area contributed by atoms with Crippen LogP contribution in [0.25, 0.3) is 5.69 Å². The molecule has 0 bridgehead atoms. The lowest BCUT2D eigenvalue weighted by molar-refractivity contribution is 0.0690. The highest BCUT2D eigenvalue weighted by Crippen LogP contribution is 2.22. The summed E-state index contributed by atoms with van der Waals surface area (Å²) >= 11 is 0. The van der Waals surface area contributed by atoms with E-state index in [1.165, 1.54) is 0 Å². The zero-order valence-electron chi connectivity index (χ0n) is 11.6. The average molecular weight is 258 g/mol. The molecule has 0 saturated heterocycles. The summed E-state index contributed by atoms with van der Waals surface area (Å²) in [5.41, 5.74) is 4.17. The van der Waals surface area contributed by atoms with Gasteiger partial charge in [-0.1, -0.05) is 19.9 Å². The van der Waals surface area contributed by atoms with Crippen LogP contribution in [0.1, 0.15) is 47.1 Å². The molecule has 0 spiro atoms. The van der Waals surface area contributed by atoms with Gasteiger partial charge >= 0.3 is 5.97 Å². The molecule has 4 nitrogen and oxygen atoms in total. The number of rotatable bonds is 3. The summed E-state index contributed by atoms with van der Waals surface area (Å²) in [5.74, 6) is -0.786. The minimum Gasteiger partial charge on any atom is -0.476 e. The Bertz CT molecular complexity index is 607. The first kappa shape index (κ1) is 13.3. The molecule has 0 unspecified atom stereocenters. The minimum atomic E-state index is -0.995. The molecule has 2 aromatic rings. The fraction of sp³-hybridized carbons (Fsp3) is 0.333. The quantitative estimate of drug-likeness (QED) is 0.918. The van der Waals surface area contributed by atoms with E-state index in [0.29, 0.717) is 0 Å². The highest BCUT2D eigenvalue weighted by atomic mass is 16.4. The van der Waals surface area contributed by atoms with Gasteiger partial charge in [-0.3, -0.25) is 0 Å². The molecule has 1 heterocycles. The van der Waals surface area contributed by atoms with Crippen LogP contribution in [0, 0.1) is 13.8 Å². The first-order valence-electron chi connectivity index (χ1n) is 6.30. The van der Waals surface area contributed by atoms with Crippen LogP contribution in [-0.2, 0) is 0 Å². The van der Waals surface area contributed by atoms with E-state index in [-0.39, 0.29) is 11.6 Å². The maximum atomic E-state index is 11.1. The molecule has 0 aliphatic heterocycles. The molecule has 1 aromatic carbocycles. The zero-order valence-corrected chi connectivity index (χ0v) is 11.6. The largest absolute Gasteiger partial charge is 0.476 e. The predicted molar refractivity (Wildman–Crippen MR) is 74.1 cm³/mol. The average Bonchev–Trinajstić information content (AvgIpc) is 2.72. The van der Waals surface area contributed by atoms with Crippen LogP contribution in [0.15, 0.2) is 24.3 Å². The van der Waals surface area contributed by atoms with Gasteiger partial charge in [-0.25, -0.2) is 9.48 Å². The molecule has 1 aromatic heterocycles. The van der Waals surface area contributed by atoms with Crippen molar-refractivity contribution in [2.24, 2.45) is 0 Å². The Kier molecular flexibility index (Phi) is 3.42. The summed E-state index contributed by atoms with van der Waals surface area (Å²) in [6, 6.07) is 7.75. The smallest absolute Gasteiger partial charge is 0.356 e. The second kappa shape index (κ2) is 4.88. The normalized spacial score (nSPS) is 11.0. The van der Waals surface area contributed by atoms with Crippen LogP contribution in [-0.4, -0.2) is 20.9 Å². The molecule has 0 amide bonds. The fourth-order valence-electron chi connectivity index (χ4n) is 2.19. The van der Waals surface area contributed by atoms with E-state index in [9.17, 15) is 4.79 Å². The van der Waals surface area contributed by atoms with Gasteiger partial charge in [0.2, 0.25) is 0 Å². The van der Waals surface area contributed by atoms with Gasteiger partial charge in [0.25, 0.3) is 0 Å². The number of benzene rings is 1. The molecule has 0 atom stereocenters. The maximum Gasteiger partial charge on any atom is 0.356 e. The highest BCUT2D eigenvalue weighted by molar-refractivity contribution is 5.85. The molecule has 1 N–H and O–H groups in total. The summed E-state index contributed by atoms with van der Waals surface area (Å²) in [6.45, 7) is 8.10. The Morgan fingerprint density at radius 3 is 2.21 bits per heavy atom. The number of aromatic carboxylic acids is 1. The third kappa shape index (κ3) is 2.67. The number of carbonyl (C=O) groups is 1. The molecular formula is C15H18N2O2. The maximum absolute atomic E-state index is 11.1. The number of carboxylic acid groups (broad SMARTS) is 1. The number of aryl methyl sites for hydroxylation is 2. The minimum absolute atomic E-state index is 0.0860. The molecule has 0 saturated carbocycles. The van der Waals surface area contributed by atoms with Crippen molar-refractivity contribution in [3.05, 3.63) is 46.8 Å². The summed E-state index contributed by atoms with van der Waals surface area (Å²) in [5, 5.41) is 13.3. The third-order valence-corrected chi connectivity index (χ3v) is 3.00. The van der Waals surface area contributed by atoms with Crippen LogP contribution < -0.4 is 0 Å². The molecular weight excluding hydrogens is 240 g/mol. The molecule has 2 rings (SSSR count). The lowest BCUT2D eigenvalue weighted by Crippen LogP contribution is -2.05. The molecule has 100 valence electrons. The van der Waals surface area contributed by atoms with Crippen molar-refractivity contribution in [3.8, 4) is 5.69 Å². The molecule has 0 fully saturated rings. The Morgan fingerprint density at radius 2 is 1.74 bits per heavy atom. The van der Waals surface area contributed by atoms with E-state index in [2.05, 4.69) is 11.2 Å². The van der Waals surface area contributed by atoms with E-state index >= 15 is 0 Å². The Labute approximate surface area is 112 Å². The molecule has 0 aliphatic rings. The summed E-state index contributed by atoms with van der Waals surface area (Å²) in [4.78, 5) is 11.1. The van der Waals surface area contributed by atoms with Crippen LogP contribution in [0.3, 0.4) is 0 Å². The monoisotopic (exact) mass is 258 g/mol. The molecule has 4 heteroatoms. The Balaban J connectivity index is 2.62.